The third-order valence-electron chi connectivity index (χ3n) is 6.50. The van der Waals surface area contributed by atoms with Crippen LogP contribution in [0, 0.1) is 0 Å². The Morgan fingerprint density at radius 2 is 1.97 bits per heavy atom. The van der Waals surface area contributed by atoms with Crippen LogP contribution in [0.2, 0.25) is 0 Å². The van der Waals surface area contributed by atoms with E-state index in [9.17, 15) is 0 Å². The van der Waals surface area contributed by atoms with Gasteiger partial charge in [0, 0.05) is 25.2 Å². The van der Waals surface area contributed by atoms with Gasteiger partial charge in [-0.2, -0.15) is 0 Å². The number of ether oxygens (including phenoxy) is 1. The zero-order valence-corrected chi connectivity index (χ0v) is 19.9. The van der Waals surface area contributed by atoms with Crippen molar-refractivity contribution in [2.45, 2.75) is 64.8 Å². The third-order valence-corrected chi connectivity index (χ3v) is 6.50. The average Bonchev–Trinajstić information content (AvgIpc) is 2.76. The molecule has 2 nitrogen and oxygen atoms in total. The van der Waals surface area contributed by atoms with Crippen molar-refractivity contribution in [2.75, 3.05) is 13.7 Å². The molecule has 0 fully saturated rings. The Bertz CT molecular complexity index is 1010. The number of benzene rings is 2. The van der Waals surface area contributed by atoms with Gasteiger partial charge in [0.1, 0.15) is 0 Å². The van der Waals surface area contributed by atoms with Crippen LogP contribution in [0.5, 0.6) is 0 Å². The molecule has 2 atom stereocenters. The SMILES string of the molecule is C=CC=C(C)CC/C=C\[N+]1=Cc2cc(C(C)C)c3ccccc3c2C(CCOC)C1C. The summed E-state index contributed by atoms with van der Waals surface area (Å²) in [5, 5.41) is 2.80. The van der Waals surface area contributed by atoms with Crippen LogP contribution in [0.1, 0.15) is 75.5 Å². The predicted molar refractivity (Wildman–Crippen MR) is 134 cm³/mol. The molecule has 3 rings (SSSR count). The molecule has 1 aliphatic heterocycles. The highest BCUT2D eigenvalue weighted by molar-refractivity contribution is 5.97. The summed E-state index contributed by atoms with van der Waals surface area (Å²) in [6.07, 6.45) is 14.0. The van der Waals surface area contributed by atoms with Crippen LogP contribution in [-0.4, -0.2) is 30.5 Å². The van der Waals surface area contributed by atoms with Gasteiger partial charge in [-0.1, -0.05) is 62.4 Å². The van der Waals surface area contributed by atoms with E-state index in [4.69, 9.17) is 4.74 Å². The molecule has 2 aromatic carbocycles. The van der Waals surface area contributed by atoms with Crippen molar-refractivity contribution in [2.24, 2.45) is 0 Å². The minimum Gasteiger partial charge on any atom is -0.385 e. The fourth-order valence-corrected chi connectivity index (χ4v) is 4.77. The van der Waals surface area contributed by atoms with Crippen LogP contribution in [0.3, 0.4) is 0 Å². The monoisotopic (exact) mass is 416 g/mol. The number of methoxy groups -OCH3 is 1. The van der Waals surface area contributed by atoms with E-state index in [2.05, 4.69) is 93.7 Å². The van der Waals surface area contributed by atoms with Crippen molar-refractivity contribution >= 4 is 17.0 Å². The van der Waals surface area contributed by atoms with E-state index in [-0.39, 0.29) is 0 Å². The summed E-state index contributed by atoms with van der Waals surface area (Å²) in [5.74, 6) is 0.919. The fraction of sp³-hybridized carbons (Fsp3) is 0.414. The number of nitrogens with zero attached hydrogens (tertiary/aromatic N) is 1. The van der Waals surface area contributed by atoms with Crippen molar-refractivity contribution in [3.8, 4) is 0 Å². The first-order chi connectivity index (χ1) is 15.0. The molecule has 1 heterocycles. The molecule has 0 saturated carbocycles. The van der Waals surface area contributed by atoms with Crippen LogP contribution in [-0.2, 0) is 4.74 Å². The first-order valence-electron chi connectivity index (χ1n) is 11.6. The largest absolute Gasteiger partial charge is 0.385 e. The molecule has 0 aliphatic carbocycles. The molecule has 0 radical (unpaired) electrons. The zero-order valence-electron chi connectivity index (χ0n) is 19.9. The Morgan fingerprint density at radius 3 is 2.65 bits per heavy atom. The molecule has 1 aliphatic rings. The number of fused-ring (bicyclic) bond motifs is 3. The molecule has 0 aromatic heterocycles. The number of rotatable bonds is 9. The van der Waals surface area contributed by atoms with Crippen molar-refractivity contribution in [3.63, 3.8) is 0 Å². The van der Waals surface area contributed by atoms with E-state index < -0.39 is 0 Å². The molecular formula is C29H38NO+. The lowest BCUT2D eigenvalue weighted by Crippen LogP contribution is -2.33. The second-order valence-corrected chi connectivity index (χ2v) is 9.05. The zero-order chi connectivity index (χ0) is 22.4. The first kappa shape index (κ1) is 23.2. The molecule has 0 N–H and O–H groups in total. The van der Waals surface area contributed by atoms with Gasteiger partial charge in [-0.3, -0.25) is 0 Å². The lowest BCUT2D eigenvalue weighted by Gasteiger charge is -2.29. The highest BCUT2D eigenvalue weighted by Gasteiger charge is 2.35. The molecule has 164 valence electrons. The predicted octanol–water partition coefficient (Wildman–Crippen LogP) is 7.34. The molecule has 2 heteroatoms. The second kappa shape index (κ2) is 10.7. The third kappa shape index (κ3) is 5.25. The van der Waals surface area contributed by atoms with Gasteiger partial charge in [-0.25, -0.2) is 4.58 Å². The quantitative estimate of drug-likeness (QED) is 0.307. The summed E-state index contributed by atoms with van der Waals surface area (Å²) in [4.78, 5) is 0. The minimum absolute atomic E-state index is 0.386. The van der Waals surface area contributed by atoms with Crippen molar-refractivity contribution in [1.29, 1.82) is 0 Å². The Morgan fingerprint density at radius 1 is 1.23 bits per heavy atom. The molecule has 0 spiro atoms. The summed E-state index contributed by atoms with van der Waals surface area (Å²) >= 11 is 0. The number of hydrogen-bond donors (Lipinski definition) is 0. The highest BCUT2D eigenvalue weighted by atomic mass is 16.5. The molecular weight excluding hydrogens is 378 g/mol. The normalized spacial score (nSPS) is 19.2. The summed E-state index contributed by atoms with van der Waals surface area (Å²) in [7, 11) is 1.80. The summed E-state index contributed by atoms with van der Waals surface area (Å²) in [6, 6.07) is 11.7. The number of allylic oxidation sites excluding steroid dienone is 4. The van der Waals surface area contributed by atoms with Crippen molar-refractivity contribution < 1.29 is 9.31 Å². The van der Waals surface area contributed by atoms with Gasteiger partial charge in [-0.05, 0) is 73.1 Å². The van der Waals surface area contributed by atoms with Gasteiger partial charge in [0.05, 0.1) is 0 Å². The second-order valence-electron chi connectivity index (χ2n) is 9.05. The van der Waals surface area contributed by atoms with E-state index in [1.807, 2.05) is 6.08 Å². The smallest absolute Gasteiger partial charge is 0.176 e. The Balaban J connectivity index is 2.05. The van der Waals surface area contributed by atoms with Gasteiger partial charge >= 0.3 is 0 Å². The van der Waals surface area contributed by atoms with Gasteiger partial charge in [0.2, 0.25) is 0 Å². The molecule has 0 bridgehead atoms. The molecule has 0 saturated heterocycles. The molecule has 2 unspecified atom stereocenters. The topological polar surface area (TPSA) is 12.2 Å². The lowest BCUT2D eigenvalue weighted by molar-refractivity contribution is -0.498. The van der Waals surface area contributed by atoms with E-state index in [0.29, 0.717) is 17.9 Å². The molecule has 0 amide bonds. The molecule has 2 aromatic rings. The maximum Gasteiger partial charge on any atom is 0.176 e. The number of hydrogen-bond acceptors (Lipinski definition) is 1. The summed E-state index contributed by atoms with van der Waals surface area (Å²) in [6.45, 7) is 13.7. The maximum absolute atomic E-state index is 5.50. The van der Waals surface area contributed by atoms with Gasteiger partial charge in [0.15, 0.2) is 18.5 Å². The van der Waals surface area contributed by atoms with Crippen molar-refractivity contribution in [1.82, 2.24) is 0 Å². The van der Waals surface area contributed by atoms with Gasteiger partial charge < -0.3 is 4.74 Å². The van der Waals surface area contributed by atoms with Crippen LogP contribution < -0.4 is 0 Å². The van der Waals surface area contributed by atoms with Crippen molar-refractivity contribution in [3.05, 3.63) is 83.6 Å². The van der Waals surface area contributed by atoms with Gasteiger partial charge in [-0.15, -0.1) is 0 Å². The van der Waals surface area contributed by atoms with Crippen LogP contribution >= 0.6 is 0 Å². The Labute approximate surface area is 188 Å². The lowest BCUT2D eigenvalue weighted by atomic mass is 9.79. The molecule has 31 heavy (non-hydrogen) atoms. The Hall–Kier alpha value is -2.45. The van der Waals surface area contributed by atoms with E-state index in [1.165, 1.54) is 33.0 Å². The van der Waals surface area contributed by atoms with Crippen LogP contribution in [0.25, 0.3) is 10.8 Å². The van der Waals surface area contributed by atoms with Crippen LogP contribution in [0.15, 0.2) is 66.9 Å². The summed E-state index contributed by atoms with van der Waals surface area (Å²) < 4.78 is 7.91. The van der Waals surface area contributed by atoms with E-state index >= 15 is 0 Å². The fourth-order valence-electron chi connectivity index (χ4n) is 4.77. The maximum atomic E-state index is 5.50. The van der Waals surface area contributed by atoms with E-state index in [1.54, 1.807) is 7.11 Å². The summed E-state index contributed by atoms with van der Waals surface area (Å²) in [5.41, 5.74) is 5.64. The Kier molecular flexibility index (Phi) is 8.03. The standard InChI is InChI=1S/C29H38NO/c1-7-12-22(4)13-10-11-17-30-20-24-19-28(21(2)3)26-14-8-9-15-27(26)29(24)25(23(30)5)16-18-31-6/h7-9,11-12,14-15,17,19-21,23,25H,1,10,13,16,18H2,2-6H3/q+1/b17-11-,22-12?. The average molecular weight is 417 g/mol. The van der Waals surface area contributed by atoms with Gasteiger partial charge in [0.25, 0.3) is 0 Å². The van der Waals surface area contributed by atoms with E-state index in [0.717, 1.165) is 25.9 Å². The highest BCUT2D eigenvalue weighted by Crippen LogP contribution is 2.39. The van der Waals surface area contributed by atoms with Crippen LogP contribution in [0.4, 0.5) is 0 Å². The first-order valence-corrected chi connectivity index (χ1v) is 11.6. The minimum atomic E-state index is 0.386.